The number of aliphatic hydroxyl groups excluding tert-OH is 1. The maximum atomic E-state index is 13.4. The number of nitrogens with one attached hydrogen (secondary N) is 1. The number of hydrogen-bond acceptors (Lipinski definition) is 5. The molecule has 1 aromatic carbocycles. The van der Waals surface area contributed by atoms with Crippen molar-refractivity contribution in [2.24, 2.45) is 11.8 Å². The fourth-order valence-corrected chi connectivity index (χ4v) is 5.58. The average molecular weight is 511 g/mol. The van der Waals surface area contributed by atoms with E-state index >= 15 is 0 Å². The molecule has 2 N–H and O–H groups in total. The van der Waals surface area contributed by atoms with Crippen LogP contribution in [0.1, 0.15) is 63.4 Å². The minimum atomic E-state index is -0.623. The third-order valence-electron chi connectivity index (χ3n) is 7.70. The molecule has 0 radical (unpaired) electrons. The Morgan fingerprint density at radius 3 is 2.41 bits per heavy atom. The molecule has 3 rings (SSSR count). The molecule has 7 nitrogen and oxygen atoms in total. The van der Waals surface area contributed by atoms with E-state index in [0.29, 0.717) is 25.8 Å². The van der Waals surface area contributed by atoms with Crippen molar-refractivity contribution >= 4 is 17.8 Å². The fraction of sp³-hybridized carbons (Fsp3) is 0.567. The molecule has 1 saturated carbocycles. The molecular formula is C30H42N2O5. The second-order valence-corrected chi connectivity index (χ2v) is 10.5. The van der Waals surface area contributed by atoms with Crippen molar-refractivity contribution in [3.63, 3.8) is 0 Å². The van der Waals surface area contributed by atoms with Crippen molar-refractivity contribution in [1.82, 2.24) is 10.2 Å². The zero-order valence-electron chi connectivity index (χ0n) is 21.9. The lowest BCUT2D eigenvalue weighted by Crippen LogP contribution is -2.53. The fourth-order valence-electron chi connectivity index (χ4n) is 5.58. The van der Waals surface area contributed by atoms with E-state index in [1.807, 2.05) is 30.3 Å². The summed E-state index contributed by atoms with van der Waals surface area (Å²) in [6.45, 7) is 8.24. The van der Waals surface area contributed by atoms with Gasteiger partial charge in [0.2, 0.25) is 11.8 Å². The molecule has 0 aromatic heterocycles. The van der Waals surface area contributed by atoms with Gasteiger partial charge in [0, 0.05) is 13.0 Å². The molecule has 2 fully saturated rings. The zero-order valence-corrected chi connectivity index (χ0v) is 21.9. The number of esters is 1. The third kappa shape index (κ3) is 8.03. The maximum absolute atomic E-state index is 13.4. The summed E-state index contributed by atoms with van der Waals surface area (Å²) in [7, 11) is 0. The largest absolute Gasteiger partial charge is 0.463 e. The van der Waals surface area contributed by atoms with E-state index in [1.165, 1.54) is 0 Å². The highest BCUT2D eigenvalue weighted by atomic mass is 16.5. The Kier molecular flexibility index (Phi) is 10.9. The molecule has 1 aliphatic heterocycles. The number of likely N-dealkylation sites (tertiary alicyclic amines) is 1. The predicted molar refractivity (Wildman–Crippen MR) is 143 cm³/mol. The normalized spacial score (nSPS) is 20.1. The topological polar surface area (TPSA) is 95.9 Å². The molecular weight excluding hydrogens is 468 g/mol. The molecule has 1 aromatic rings. The second kappa shape index (κ2) is 14.1. The molecule has 7 heteroatoms. The van der Waals surface area contributed by atoms with Crippen LogP contribution in [0, 0.1) is 11.8 Å². The first-order valence-electron chi connectivity index (χ1n) is 13.6. The number of allylic oxidation sites excluding steroid dienone is 2. The molecule has 1 heterocycles. The summed E-state index contributed by atoms with van der Waals surface area (Å²) in [5.74, 6) is -1.49. The van der Waals surface area contributed by atoms with Crippen LogP contribution in [0.3, 0.4) is 0 Å². The van der Waals surface area contributed by atoms with Crippen molar-refractivity contribution in [3.05, 3.63) is 61.2 Å². The highest BCUT2D eigenvalue weighted by molar-refractivity contribution is 5.86. The number of hydrogen-bond donors (Lipinski definition) is 2. The van der Waals surface area contributed by atoms with Crippen LogP contribution >= 0.6 is 0 Å². The van der Waals surface area contributed by atoms with Crippen molar-refractivity contribution in [2.75, 3.05) is 19.8 Å². The molecule has 0 unspecified atom stereocenters. The minimum Gasteiger partial charge on any atom is -0.463 e. The monoisotopic (exact) mass is 510 g/mol. The third-order valence-corrected chi connectivity index (χ3v) is 7.70. The van der Waals surface area contributed by atoms with Crippen LogP contribution in [0.25, 0.3) is 0 Å². The lowest BCUT2D eigenvalue weighted by atomic mass is 9.93. The lowest BCUT2D eigenvalue weighted by Gasteiger charge is -2.32. The first kappa shape index (κ1) is 28.6. The maximum Gasteiger partial charge on any atom is 0.309 e. The molecule has 3 atom stereocenters. The average Bonchev–Trinajstić information content (AvgIpc) is 3.57. The van der Waals surface area contributed by atoms with Crippen LogP contribution in [0.5, 0.6) is 0 Å². The number of aliphatic hydroxyl groups is 1. The van der Waals surface area contributed by atoms with Gasteiger partial charge in [0.15, 0.2) is 0 Å². The van der Waals surface area contributed by atoms with E-state index in [0.717, 1.165) is 44.1 Å². The summed E-state index contributed by atoms with van der Waals surface area (Å²) in [5.41, 5.74) is 0.440. The van der Waals surface area contributed by atoms with Crippen LogP contribution in [-0.4, -0.2) is 59.1 Å². The molecule has 2 amide bonds. The SMILES string of the molecule is C=CC[C@H](CC(=O)N1CCC[C@H]1CO)C(=O)NC1(COC(=O)[C@@H](CC=C)Cc2ccccc2)CCCC1. The van der Waals surface area contributed by atoms with Gasteiger partial charge in [0.25, 0.3) is 0 Å². The summed E-state index contributed by atoms with van der Waals surface area (Å²) >= 11 is 0. The Morgan fingerprint density at radius 2 is 1.76 bits per heavy atom. The Hall–Kier alpha value is -2.93. The number of ether oxygens (including phenoxy) is 1. The number of carbonyl (C=O) groups excluding carboxylic acids is 3. The van der Waals surface area contributed by atoms with Gasteiger partial charge in [-0.2, -0.15) is 0 Å². The standard InChI is InChI=1S/C30H42N2O5/c1-3-11-24(20-27(34)32-18-10-15-26(32)21-33)28(35)31-30(16-8-9-17-30)22-37-29(36)25(12-4-2)19-23-13-6-5-7-14-23/h3-7,13-14,24-26,33H,1-2,8-12,15-22H2,(H,31,35)/t24-,25+,26+/m1/s1. The van der Waals surface area contributed by atoms with E-state index in [2.05, 4.69) is 18.5 Å². The van der Waals surface area contributed by atoms with Crippen LogP contribution in [0.2, 0.25) is 0 Å². The Labute approximate surface area is 221 Å². The predicted octanol–water partition coefficient (Wildman–Crippen LogP) is 3.96. The number of amides is 2. The summed E-state index contributed by atoms with van der Waals surface area (Å²) in [6, 6.07) is 9.67. The highest BCUT2D eigenvalue weighted by Gasteiger charge is 2.39. The van der Waals surface area contributed by atoms with Gasteiger partial charge in [-0.1, -0.05) is 55.3 Å². The summed E-state index contributed by atoms with van der Waals surface area (Å²) in [5, 5.41) is 12.7. The van der Waals surface area contributed by atoms with E-state index in [4.69, 9.17) is 4.74 Å². The van der Waals surface area contributed by atoms with E-state index in [-0.39, 0.29) is 49.4 Å². The van der Waals surface area contributed by atoms with Gasteiger partial charge in [-0.15, -0.1) is 13.2 Å². The molecule has 202 valence electrons. The second-order valence-electron chi connectivity index (χ2n) is 10.5. The van der Waals surface area contributed by atoms with Crippen LogP contribution in [0.15, 0.2) is 55.6 Å². The number of nitrogens with zero attached hydrogens (tertiary/aromatic N) is 1. The molecule has 2 aliphatic rings. The van der Waals surface area contributed by atoms with Crippen molar-refractivity contribution in [3.8, 4) is 0 Å². The van der Waals surface area contributed by atoms with Gasteiger partial charge < -0.3 is 20.1 Å². The number of rotatable bonds is 14. The van der Waals surface area contributed by atoms with Gasteiger partial charge in [0.05, 0.1) is 30.0 Å². The van der Waals surface area contributed by atoms with E-state index in [1.54, 1.807) is 17.1 Å². The van der Waals surface area contributed by atoms with Gasteiger partial charge in [-0.3, -0.25) is 14.4 Å². The summed E-state index contributed by atoms with van der Waals surface area (Å²) in [4.78, 5) is 41.1. The van der Waals surface area contributed by atoms with Crippen molar-refractivity contribution < 1.29 is 24.2 Å². The quantitative estimate of drug-likeness (QED) is 0.292. The van der Waals surface area contributed by atoms with Crippen molar-refractivity contribution in [1.29, 1.82) is 0 Å². The molecule has 1 saturated heterocycles. The smallest absolute Gasteiger partial charge is 0.309 e. The molecule has 1 aliphatic carbocycles. The van der Waals surface area contributed by atoms with E-state index in [9.17, 15) is 19.5 Å². The molecule has 37 heavy (non-hydrogen) atoms. The van der Waals surface area contributed by atoms with Gasteiger partial charge in [-0.05, 0) is 50.5 Å². The number of benzene rings is 1. The Bertz CT molecular complexity index is 925. The van der Waals surface area contributed by atoms with Crippen molar-refractivity contribution in [2.45, 2.75) is 75.8 Å². The van der Waals surface area contributed by atoms with Gasteiger partial charge in [0.1, 0.15) is 6.61 Å². The van der Waals surface area contributed by atoms with Crippen LogP contribution in [0.4, 0.5) is 0 Å². The Balaban J connectivity index is 1.62. The first-order chi connectivity index (χ1) is 17.9. The Morgan fingerprint density at radius 1 is 1.08 bits per heavy atom. The highest BCUT2D eigenvalue weighted by Crippen LogP contribution is 2.32. The molecule has 0 bridgehead atoms. The van der Waals surface area contributed by atoms with E-state index < -0.39 is 11.5 Å². The minimum absolute atomic E-state index is 0.0599. The van der Waals surface area contributed by atoms with Crippen LogP contribution < -0.4 is 5.32 Å². The zero-order chi connectivity index (χ0) is 26.7. The van der Waals surface area contributed by atoms with Crippen LogP contribution in [-0.2, 0) is 25.5 Å². The van der Waals surface area contributed by atoms with Gasteiger partial charge in [-0.25, -0.2) is 0 Å². The lowest BCUT2D eigenvalue weighted by molar-refractivity contribution is -0.152. The summed E-state index contributed by atoms with van der Waals surface area (Å²) < 4.78 is 5.82. The summed E-state index contributed by atoms with van der Waals surface area (Å²) in [6.07, 6.45) is 9.91. The van der Waals surface area contributed by atoms with Gasteiger partial charge >= 0.3 is 5.97 Å². The first-order valence-corrected chi connectivity index (χ1v) is 13.6. The molecule has 0 spiro atoms. The number of carbonyl (C=O) groups is 3.